The van der Waals surface area contributed by atoms with Crippen molar-refractivity contribution in [2.75, 3.05) is 33.0 Å². The van der Waals surface area contributed by atoms with E-state index in [-0.39, 0.29) is 12.6 Å². The van der Waals surface area contributed by atoms with Crippen LogP contribution in [0.1, 0.15) is 130 Å². The van der Waals surface area contributed by atoms with Crippen LogP contribution >= 0.6 is 8.60 Å². The highest BCUT2D eigenvalue weighted by atomic mass is 31.2. The maximum Gasteiger partial charge on any atom is 0.338 e. The maximum atomic E-state index is 12.4. The molecule has 0 aromatic heterocycles. The van der Waals surface area contributed by atoms with Crippen LogP contribution in [0.5, 0.6) is 0 Å². The number of benzene rings is 1. The van der Waals surface area contributed by atoms with Crippen LogP contribution in [0.2, 0.25) is 0 Å². The predicted molar refractivity (Wildman–Crippen MR) is 154 cm³/mol. The number of fused-ring (bicyclic) bond motifs is 3. The minimum absolute atomic E-state index is 0.165. The van der Waals surface area contributed by atoms with E-state index < -0.39 is 20.0 Å². The van der Waals surface area contributed by atoms with Crippen molar-refractivity contribution >= 4 is 20.5 Å². The molecule has 3 aliphatic heterocycles. The van der Waals surface area contributed by atoms with Gasteiger partial charge in [0.2, 0.25) is 0 Å². The number of ether oxygens (including phenoxy) is 2. The molecule has 1 aromatic rings. The number of carbonyl (C=O) groups excluding carboxylic acids is 2. The summed E-state index contributed by atoms with van der Waals surface area (Å²) in [7, 11) is -1.22. The molecule has 7 nitrogen and oxygen atoms in total. The lowest BCUT2D eigenvalue weighted by Crippen LogP contribution is -2.47. The summed E-state index contributed by atoms with van der Waals surface area (Å²) >= 11 is 0. The van der Waals surface area contributed by atoms with Crippen molar-refractivity contribution in [2.24, 2.45) is 5.41 Å². The van der Waals surface area contributed by atoms with E-state index in [0.29, 0.717) is 37.6 Å². The van der Waals surface area contributed by atoms with Crippen LogP contribution in [-0.4, -0.2) is 45.0 Å². The molecule has 0 N–H and O–H groups in total. The molecule has 0 radical (unpaired) electrons. The van der Waals surface area contributed by atoms with Crippen LogP contribution in [0.4, 0.5) is 0 Å². The molecule has 0 unspecified atom stereocenters. The summed E-state index contributed by atoms with van der Waals surface area (Å²) in [6.45, 7) is 4.27. The molecule has 3 heterocycles. The molecule has 220 valence electrons. The van der Waals surface area contributed by atoms with Crippen molar-refractivity contribution in [3.05, 3.63) is 35.4 Å². The largest absolute Gasteiger partial charge is 0.462 e. The molecule has 39 heavy (non-hydrogen) atoms. The standard InChI is InChI=1S/C31H49O7P/c1-2-3-4-5-6-7-8-9-10-11-12-13-14-15-16-17-22-34-29(32)27-18-20-28(21-19-27)30(33)35-23-31-24-36-39(37-25-31)38-26-31/h18-21H,2-17,22-26H2,1H3. The van der Waals surface area contributed by atoms with E-state index in [4.69, 9.17) is 23.0 Å². The zero-order valence-corrected chi connectivity index (χ0v) is 24.9. The smallest absolute Gasteiger partial charge is 0.338 e. The van der Waals surface area contributed by atoms with Crippen LogP contribution < -0.4 is 0 Å². The van der Waals surface area contributed by atoms with Gasteiger partial charge in [0, 0.05) is 0 Å². The fourth-order valence-corrected chi connectivity index (χ4v) is 6.23. The molecule has 2 bridgehead atoms. The topological polar surface area (TPSA) is 80.3 Å². The van der Waals surface area contributed by atoms with E-state index in [0.717, 1.165) is 12.8 Å². The van der Waals surface area contributed by atoms with Gasteiger partial charge in [0.25, 0.3) is 0 Å². The van der Waals surface area contributed by atoms with E-state index in [1.54, 1.807) is 24.3 Å². The summed E-state index contributed by atoms with van der Waals surface area (Å²) in [5.74, 6) is -0.807. The van der Waals surface area contributed by atoms with Gasteiger partial charge in [0.15, 0.2) is 0 Å². The van der Waals surface area contributed by atoms with E-state index in [9.17, 15) is 9.59 Å². The van der Waals surface area contributed by atoms with Crippen molar-refractivity contribution in [3.63, 3.8) is 0 Å². The summed E-state index contributed by atoms with van der Waals surface area (Å²) in [5, 5.41) is 0. The molecule has 0 spiro atoms. The molecule has 0 atom stereocenters. The number of carbonyl (C=O) groups is 2. The Morgan fingerprint density at radius 2 is 1.03 bits per heavy atom. The molecule has 3 saturated heterocycles. The highest BCUT2D eigenvalue weighted by Crippen LogP contribution is 2.53. The van der Waals surface area contributed by atoms with Crippen molar-refractivity contribution < 1.29 is 32.6 Å². The molecular formula is C31H49O7P. The molecule has 1 aromatic carbocycles. The Bertz CT molecular complexity index is 807. The zero-order valence-electron chi connectivity index (χ0n) is 24.0. The summed E-state index contributed by atoms with van der Waals surface area (Å²) in [6.07, 6.45) is 21.0. The van der Waals surface area contributed by atoms with Crippen molar-refractivity contribution in [1.29, 1.82) is 0 Å². The lowest BCUT2D eigenvalue weighted by atomic mass is 9.92. The van der Waals surface area contributed by atoms with Gasteiger partial charge in [-0.2, -0.15) is 0 Å². The average molecular weight is 565 g/mol. The Kier molecular flexibility index (Phi) is 15.4. The van der Waals surface area contributed by atoms with Crippen LogP contribution in [-0.2, 0) is 23.0 Å². The first kappa shape index (κ1) is 32.0. The molecular weight excluding hydrogens is 515 g/mol. The van der Waals surface area contributed by atoms with E-state index in [1.807, 2.05) is 0 Å². The maximum absolute atomic E-state index is 12.4. The Morgan fingerprint density at radius 3 is 1.46 bits per heavy atom. The predicted octanol–water partition coefficient (Wildman–Crippen LogP) is 8.55. The lowest BCUT2D eigenvalue weighted by molar-refractivity contribution is -0.0999. The second-order valence-corrected chi connectivity index (χ2v) is 12.4. The molecule has 3 aliphatic rings. The van der Waals surface area contributed by atoms with Gasteiger partial charge in [0.1, 0.15) is 6.61 Å². The lowest BCUT2D eigenvalue weighted by Gasteiger charge is -2.43. The Hall–Kier alpha value is -1.53. The van der Waals surface area contributed by atoms with Gasteiger partial charge < -0.3 is 23.0 Å². The van der Waals surface area contributed by atoms with Crippen LogP contribution in [0, 0.1) is 5.41 Å². The number of rotatable bonds is 21. The Balaban J connectivity index is 1.14. The second kappa shape index (κ2) is 18.7. The first-order valence-electron chi connectivity index (χ1n) is 15.3. The van der Waals surface area contributed by atoms with Gasteiger partial charge >= 0.3 is 20.5 Å². The normalized spacial score (nSPS) is 20.2. The number of hydrogen-bond donors (Lipinski definition) is 0. The first-order valence-corrected chi connectivity index (χ1v) is 16.3. The van der Waals surface area contributed by atoms with Gasteiger partial charge in [-0.3, -0.25) is 0 Å². The summed E-state index contributed by atoms with van der Waals surface area (Å²) < 4.78 is 27.2. The zero-order chi connectivity index (χ0) is 27.6. The number of esters is 2. The van der Waals surface area contributed by atoms with E-state index >= 15 is 0 Å². The van der Waals surface area contributed by atoms with Gasteiger partial charge in [-0.05, 0) is 30.7 Å². The monoisotopic (exact) mass is 564 g/mol. The summed E-state index contributed by atoms with van der Waals surface area (Å²) in [4.78, 5) is 24.8. The fourth-order valence-electron chi connectivity index (χ4n) is 4.87. The number of unbranched alkanes of at least 4 members (excludes halogenated alkanes) is 15. The van der Waals surface area contributed by atoms with Gasteiger partial charge in [-0.25, -0.2) is 9.59 Å². The second-order valence-electron chi connectivity index (χ2n) is 11.1. The number of hydrogen-bond acceptors (Lipinski definition) is 7. The van der Waals surface area contributed by atoms with Gasteiger partial charge in [-0.1, -0.05) is 103 Å². The Labute approximate surface area is 236 Å². The molecule has 3 fully saturated rings. The van der Waals surface area contributed by atoms with Gasteiger partial charge in [-0.15, -0.1) is 0 Å². The molecule has 0 saturated carbocycles. The Morgan fingerprint density at radius 1 is 0.641 bits per heavy atom. The summed E-state index contributed by atoms with van der Waals surface area (Å²) in [5.41, 5.74) is 0.380. The fraction of sp³-hybridized carbons (Fsp3) is 0.742. The quantitative estimate of drug-likeness (QED) is 0.0840. The third-order valence-electron chi connectivity index (χ3n) is 7.53. The van der Waals surface area contributed by atoms with Crippen molar-refractivity contribution in [2.45, 2.75) is 110 Å². The van der Waals surface area contributed by atoms with Crippen molar-refractivity contribution in [3.8, 4) is 0 Å². The van der Waals surface area contributed by atoms with Gasteiger partial charge in [0.05, 0.1) is 43.0 Å². The minimum Gasteiger partial charge on any atom is -0.462 e. The molecule has 8 heteroatoms. The van der Waals surface area contributed by atoms with E-state index in [1.165, 1.54) is 89.9 Å². The summed E-state index contributed by atoms with van der Waals surface area (Å²) in [6, 6.07) is 6.40. The molecule has 0 aliphatic carbocycles. The third-order valence-corrected chi connectivity index (χ3v) is 8.54. The third kappa shape index (κ3) is 12.3. The SMILES string of the molecule is CCCCCCCCCCCCCCCCCCOC(=O)c1ccc(C(=O)OCC23COP(OC2)OC3)cc1. The highest BCUT2D eigenvalue weighted by Gasteiger charge is 2.45. The molecule has 0 amide bonds. The van der Waals surface area contributed by atoms with Crippen LogP contribution in [0.25, 0.3) is 0 Å². The van der Waals surface area contributed by atoms with Crippen molar-refractivity contribution in [1.82, 2.24) is 0 Å². The average Bonchev–Trinajstić information content (AvgIpc) is 2.98. The first-order chi connectivity index (χ1) is 19.1. The van der Waals surface area contributed by atoms with Crippen LogP contribution in [0.15, 0.2) is 24.3 Å². The molecule has 4 rings (SSSR count). The highest BCUT2D eigenvalue weighted by molar-refractivity contribution is 7.41. The van der Waals surface area contributed by atoms with E-state index in [2.05, 4.69) is 6.92 Å². The van der Waals surface area contributed by atoms with Crippen LogP contribution in [0.3, 0.4) is 0 Å². The minimum atomic E-state index is -1.22.